The summed E-state index contributed by atoms with van der Waals surface area (Å²) < 4.78 is 0. The van der Waals surface area contributed by atoms with Gasteiger partial charge in [0.25, 0.3) is 0 Å². The number of allylic oxidation sites excluding steroid dienone is 3. The van der Waals surface area contributed by atoms with Gasteiger partial charge in [0.05, 0.1) is 0 Å². The summed E-state index contributed by atoms with van der Waals surface area (Å²) in [6.45, 7) is 0. The van der Waals surface area contributed by atoms with Crippen LogP contribution in [0.5, 0.6) is 0 Å². The third-order valence-corrected chi connectivity index (χ3v) is 5.74. The van der Waals surface area contributed by atoms with Crippen LogP contribution < -0.4 is 4.90 Å². The van der Waals surface area contributed by atoms with Crippen molar-refractivity contribution in [1.82, 2.24) is 0 Å². The lowest BCUT2D eigenvalue weighted by atomic mass is 9.73. The van der Waals surface area contributed by atoms with Gasteiger partial charge in [0.1, 0.15) is 5.41 Å². The first-order chi connectivity index (χ1) is 14.1. The first kappa shape index (κ1) is 19.2. The summed E-state index contributed by atoms with van der Waals surface area (Å²) in [4.78, 5) is 15.2. The molecule has 0 aromatic heterocycles. The number of nitrogens with zero attached hydrogens (tertiary/aromatic N) is 1. The quantitative estimate of drug-likeness (QED) is 0.463. The van der Waals surface area contributed by atoms with Crippen LogP contribution in [-0.2, 0) is 10.2 Å². The van der Waals surface area contributed by atoms with Crippen molar-refractivity contribution in [2.24, 2.45) is 0 Å². The van der Waals surface area contributed by atoms with E-state index >= 15 is 0 Å². The minimum atomic E-state index is -0.697. The lowest BCUT2D eigenvalue weighted by Crippen LogP contribution is -2.39. The molecule has 4 rings (SSSR count). The zero-order valence-corrected chi connectivity index (χ0v) is 17.0. The van der Waals surface area contributed by atoms with Gasteiger partial charge >= 0.3 is 0 Å². The zero-order valence-electron chi connectivity index (χ0n) is 16.3. The summed E-state index contributed by atoms with van der Waals surface area (Å²) >= 11 is 5.93. The van der Waals surface area contributed by atoms with Gasteiger partial charge in [-0.05, 0) is 41.3 Å². The van der Waals surface area contributed by atoms with Crippen molar-refractivity contribution in [3.63, 3.8) is 0 Å². The fraction of sp³-hybridized carbons (Fsp3) is 0.115. The summed E-state index contributed by atoms with van der Waals surface area (Å²) in [5, 5.41) is 0.727. The Balaban J connectivity index is 1.66. The average Bonchev–Trinajstić information content (AvgIpc) is 2.98. The highest BCUT2D eigenvalue weighted by Crippen LogP contribution is 2.47. The van der Waals surface area contributed by atoms with Crippen molar-refractivity contribution in [2.75, 3.05) is 11.9 Å². The molecule has 0 spiro atoms. The van der Waals surface area contributed by atoms with Gasteiger partial charge < -0.3 is 4.90 Å². The number of carbonyl (C=O) groups is 1. The second-order valence-corrected chi connectivity index (χ2v) is 7.63. The molecular weight excluding hydrogens is 378 g/mol. The van der Waals surface area contributed by atoms with E-state index in [9.17, 15) is 4.79 Å². The molecule has 1 amide bonds. The molecule has 1 aliphatic rings. The molecule has 0 saturated carbocycles. The van der Waals surface area contributed by atoms with Crippen LogP contribution in [-0.4, -0.2) is 13.0 Å². The van der Waals surface area contributed by atoms with Crippen LogP contribution in [0.3, 0.4) is 0 Å². The number of para-hydroxylation sites is 1. The molecule has 2 nitrogen and oxygen atoms in total. The second-order valence-electron chi connectivity index (χ2n) is 7.20. The molecule has 144 valence electrons. The molecular formula is C26H22ClNO. The van der Waals surface area contributed by atoms with Gasteiger partial charge in [-0.3, -0.25) is 4.79 Å². The van der Waals surface area contributed by atoms with Crippen molar-refractivity contribution in [1.29, 1.82) is 0 Å². The van der Waals surface area contributed by atoms with Crippen LogP contribution in [0, 0.1) is 0 Å². The number of amides is 1. The highest BCUT2D eigenvalue weighted by Gasteiger charge is 2.49. The number of carbonyl (C=O) groups excluding carboxylic acids is 1. The molecule has 1 heterocycles. The van der Waals surface area contributed by atoms with Gasteiger partial charge in [-0.2, -0.15) is 0 Å². The Bertz CT molecular complexity index is 1070. The fourth-order valence-electron chi connectivity index (χ4n) is 4.02. The molecule has 0 fully saturated rings. The SMILES string of the molecule is CN1C(=O)[C@@](C/C=C/C=C/c2ccc(Cl)cc2)(c2ccccc2)c2ccccc21. The predicted octanol–water partition coefficient (Wildman–Crippen LogP) is 6.26. The van der Waals surface area contributed by atoms with Gasteiger partial charge in [0, 0.05) is 17.8 Å². The Hall–Kier alpha value is -3.10. The molecule has 1 atom stereocenters. The van der Waals surface area contributed by atoms with Crippen LogP contribution in [0.4, 0.5) is 5.69 Å². The van der Waals surface area contributed by atoms with Crippen LogP contribution in [0.25, 0.3) is 6.08 Å². The van der Waals surface area contributed by atoms with Crippen molar-refractivity contribution in [2.45, 2.75) is 11.8 Å². The number of rotatable bonds is 5. The highest BCUT2D eigenvalue weighted by atomic mass is 35.5. The van der Waals surface area contributed by atoms with E-state index < -0.39 is 5.41 Å². The van der Waals surface area contributed by atoms with Crippen molar-refractivity contribution < 1.29 is 4.79 Å². The minimum Gasteiger partial charge on any atom is -0.314 e. The van der Waals surface area contributed by atoms with Crippen molar-refractivity contribution in [3.05, 3.63) is 119 Å². The summed E-state index contributed by atoms with van der Waals surface area (Å²) in [6.07, 6.45) is 8.71. The van der Waals surface area contributed by atoms with E-state index in [4.69, 9.17) is 11.6 Å². The van der Waals surface area contributed by atoms with E-state index in [-0.39, 0.29) is 5.91 Å². The number of hydrogen-bond donors (Lipinski definition) is 0. The monoisotopic (exact) mass is 399 g/mol. The third kappa shape index (κ3) is 3.52. The molecule has 29 heavy (non-hydrogen) atoms. The topological polar surface area (TPSA) is 20.3 Å². The maximum Gasteiger partial charge on any atom is 0.242 e. The molecule has 0 aliphatic carbocycles. The molecule has 0 bridgehead atoms. The first-order valence-electron chi connectivity index (χ1n) is 9.65. The van der Waals surface area contributed by atoms with Crippen LogP contribution in [0.1, 0.15) is 23.1 Å². The normalized spacial score (nSPS) is 18.7. The molecule has 3 aromatic carbocycles. The molecule has 3 aromatic rings. The van der Waals surface area contributed by atoms with Crippen LogP contribution in [0.15, 0.2) is 97.1 Å². The molecule has 0 saturated heterocycles. The Labute approximate surface area is 176 Å². The van der Waals surface area contributed by atoms with E-state index in [0.717, 1.165) is 27.4 Å². The number of hydrogen-bond acceptors (Lipinski definition) is 1. The van der Waals surface area contributed by atoms with Gasteiger partial charge in [-0.25, -0.2) is 0 Å². The van der Waals surface area contributed by atoms with E-state index in [1.54, 1.807) is 4.90 Å². The number of anilines is 1. The fourth-order valence-corrected chi connectivity index (χ4v) is 4.14. The molecule has 0 N–H and O–H groups in total. The maximum absolute atomic E-state index is 13.5. The lowest BCUT2D eigenvalue weighted by molar-refractivity contribution is -0.121. The summed E-state index contributed by atoms with van der Waals surface area (Å²) in [5.74, 6) is 0.108. The Morgan fingerprint density at radius 2 is 1.59 bits per heavy atom. The van der Waals surface area contributed by atoms with Crippen molar-refractivity contribution >= 4 is 29.3 Å². The highest BCUT2D eigenvalue weighted by molar-refractivity contribution is 6.30. The zero-order chi connectivity index (χ0) is 20.3. The average molecular weight is 400 g/mol. The third-order valence-electron chi connectivity index (χ3n) is 5.49. The molecule has 0 radical (unpaired) electrons. The predicted molar refractivity (Wildman–Crippen MR) is 121 cm³/mol. The van der Waals surface area contributed by atoms with Gasteiger partial charge in [0.2, 0.25) is 5.91 Å². The largest absolute Gasteiger partial charge is 0.314 e. The van der Waals surface area contributed by atoms with Gasteiger partial charge in [-0.15, -0.1) is 0 Å². The van der Waals surface area contributed by atoms with Crippen molar-refractivity contribution in [3.8, 4) is 0 Å². The first-order valence-corrected chi connectivity index (χ1v) is 10.0. The standard InChI is InChI=1S/C26H22ClNO/c1-28-24-14-8-7-13-23(24)26(25(28)29,21-11-5-2-6-12-21)19-9-3-4-10-20-15-17-22(27)18-16-20/h2-18H,19H2,1H3/b9-3+,10-4+/t26-/m0/s1. The van der Waals surface area contributed by atoms with Crippen LogP contribution in [0.2, 0.25) is 5.02 Å². The lowest BCUT2D eigenvalue weighted by Gasteiger charge is -2.28. The van der Waals surface area contributed by atoms with Gasteiger partial charge in [-0.1, -0.05) is 96.6 Å². The number of benzene rings is 3. The smallest absolute Gasteiger partial charge is 0.242 e. The Morgan fingerprint density at radius 1 is 0.897 bits per heavy atom. The summed E-state index contributed by atoms with van der Waals surface area (Å²) in [6, 6.07) is 25.8. The molecule has 3 heteroatoms. The number of likely N-dealkylation sites (N-methyl/N-ethyl adjacent to an activating group) is 1. The Kier molecular flexibility index (Phi) is 5.37. The van der Waals surface area contributed by atoms with E-state index in [1.807, 2.05) is 98.1 Å². The number of halogens is 1. The summed E-state index contributed by atoms with van der Waals surface area (Å²) in [5.41, 5.74) is 3.44. The van der Waals surface area contributed by atoms with E-state index in [0.29, 0.717) is 6.42 Å². The molecule has 0 unspecified atom stereocenters. The van der Waals surface area contributed by atoms with E-state index in [2.05, 4.69) is 12.1 Å². The van der Waals surface area contributed by atoms with Gasteiger partial charge in [0.15, 0.2) is 0 Å². The van der Waals surface area contributed by atoms with E-state index in [1.165, 1.54) is 0 Å². The molecule has 1 aliphatic heterocycles. The Morgan fingerprint density at radius 3 is 2.34 bits per heavy atom. The second kappa shape index (κ2) is 8.10. The summed E-state index contributed by atoms with van der Waals surface area (Å²) in [7, 11) is 1.86. The van der Waals surface area contributed by atoms with Crippen LogP contribution >= 0.6 is 11.6 Å². The maximum atomic E-state index is 13.5. The minimum absolute atomic E-state index is 0.108. The number of fused-ring (bicyclic) bond motifs is 1.